The minimum atomic E-state index is -1.22. The van der Waals surface area contributed by atoms with E-state index in [1.54, 1.807) is 18.2 Å². The van der Waals surface area contributed by atoms with Gasteiger partial charge in [0.15, 0.2) is 0 Å². The van der Waals surface area contributed by atoms with Crippen molar-refractivity contribution in [2.45, 2.75) is 19.8 Å². The average molecular weight is 528 g/mol. The van der Waals surface area contributed by atoms with Gasteiger partial charge in [0.1, 0.15) is 5.92 Å². The lowest BCUT2D eigenvalue weighted by Crippen LogP contribution is -2.44. The van der Waals surface area contributed by atoms with Crippen molar-refractivity contribution in [2.24, 2.45) is 5.92 Å². The van der Waals surface area contributed by atoms with E-state index in [9.17, 15) is 19.6 Å². The first kappa shape index (κ1) is 24.6. The van der Waals surface area contributed by atoms with E-state index < -0.39 is 23.7 Å². The third-order valence-corrected chi connectivity index (χ3v) is 6.80. The van der Waals surface area contributed by atoms with E-state index in [1.807, 2.05) is 38.1 Å². The summed E-state index contributed by atoms with van der Waals surface area (Å²) in [5, 5.41) is 15.7. The molecule has 0 aliphatic carbocycles. The van der Waals surface area contributed by atoms with Gasteiger partial charge in [-0.2, -0.15) is 5.26 Å². The monoisotopic (exact) mass is 527 g/mol. The van der Waals surface area contributed by atoms with Gasteiger partial charge in [-0.05, 0) is 42.7 Å². The molecule has 0 saturated heterocycles. The number of nitrogens with zero attached hydrogens (tertiary/aromatic N) is 1. The molecule has 2 aromatic rings. The van der Waals surface area contributed by atoms with Crippen molar-refractivity contribution in [2.75, 3.05) is 18.2 Å². The minimum Gasteiger partial charge on any atom is -0.468 e. The number of allylic oxidation sites excluding steroid dienone is 1. The van der Waals surface area contributed by atoms with Crippen LogP contribution in [0.3, 0.4) is 0 Å². The Bertz CT molecular complexity index is 1170. The second-order valence-corrected chi connectivity index (χ2v) is 9.38. The first-order chi connectivity index (χ1) is 15.8. The number of para-hydroxylation sites is 1. The fraction of sp³-hybridized carbons (Fsp3) is 0.250. The van der Waals surface area contributed by atoms with Crippen molar-refractivity contribution in [3.8, 4) is 6.07 Å². The number of ether oxygens (including phenoxy) is 1. The van der Waals surface area contributed by atoms with E-state index >= 15 is 0 Å². The average Bonchev–Trinajstić information content (AvgIpc) is 2.79. The maximum atomic E-state index is 12.9. The highest BCUT2D eigenvalue weighted by Crippen LogP contribution is 2.40. The molecular weight excluding hydrogens is 506 g/mol. The molecule has 1 aliphatic heterocycles. The number of benzene rings is 2. The summed E-state index contributed by atoms with van der Waals surface area (Å²) in [6.07, 6.45) is 0. The second kappa shape index (κ2) is 10.7. The molecule has 0 bridgehead atoms. The quantitative estimate of drug-likeness (QED) is 0.431. The molecule has 9 heteroatoms. The van der Waals surface area contributed by atoms with Gasteiger partial charge in [-0.1, -0.05) is 58.0 Å². The van der Waals surface area contributed by atoms with Crippen molar-refractivity contribution >= 4 is 51.2 Å². The van der Waals surface area contributed by atoms with Crippen LogP contribution in [0.1, 0.15) is 22.6 Å². The summed E-state index contributed by atoms with van der Waals surface area (Å²) in [7, 11) is 1.20. The molecule has 0 saturated carbocycles. The van der Waals surface area contributed by atoms with Crippen LogP contribution in [0.4, 0.5) is 5.69 Å². The fourth-order valence-electron chi connectivity index (χ4n) is 3.70. The number of hydrogen-bond donors (Lipinski definition) is 2. The Morgan fingerprint density at radius 1 is 1.21 bits per heavy atom. The van der Waals surface area contributed by atoms with Crippen LogP contribution in [-0.4, -0.2) is 30.6 Å². The molecule has 2 aromatic carbocycles. The summed E-state index contributed by atoms with van der Waals surface area (Å²) >= 11 is 4.44. The molecule has 0 spiro atoms. The number of anilines is 1. The Kier molecular flexibility index (Phi) is 7.95. The van der Waals surface area contributed by atoms with Crippen LogP contribution in [0.2, 0.25) is 0 Å². The van der Waals surface area contributed by atoms with Crippen LogP contribution in [0.5, 0.6) is 0 Å². The molecule has 33 heavy (non-hydrogen) atoms. The smallest absolute Gasteiger partial charge is 0.319 e. The first-order valence-corrected chi connectivity index (χ1v) is 11.8. The lowest BCUT2D eigenvalue weighted by atomic mass is 9.78. The lowest BCUT2D eigenvalue weighted by Gasteiger charge is -2.31. The van der Waals surface area contributed by atoms with Crippen LogP contribution >= 0.6 is 27.7 Å². The molecule has 7 nitrogen and oxygen atoms in total. The van der Waals surface area contributed by atoms with E-state index in [0.29, 0.717) is 5.56 Å². The number of halogens is 1. The van der Waals surface area contributed by atoms with E-state index in [-0.39, 0.29) is 22.3 Å². The number of aryl methyl sites for hydroxylation is 2. The van der Waals surface area contributed by atoms with Crippen LogP contribution < -0.4 is 10.6 Å². The molecular formula is C24H22BrN3O4S. The molecule has 0 aromatic heterocycles. The number of thioether (sulfide) groups is 1. The standard InChI is InChI=1S/C24H22BrN3O4S/c1-13-6-4-7-14(2)21(13)27-18(29)12-33-23-17(11-26)19(15-8-5-9-16(25)10-15)20(22(30)28-23)24(31)32-3/h4-10,19-20H,12H2,1-3H3,(H,27,29)(H,28,30)/t19-,20+/m1/s1. The van der Waals surface area contributed by atoms with Gasteiger partial charge in [-0.3, -0.25) is 14.4 Å². The number of methoxy groups -OCH3 is 1. The highest BCUT2D eigenvalue weighted by molar-refractivity contribution is 9.10. The number of carbonyl (C=O) groups excluding carboxylic acids is 3. The topological polar surface area (TPSA) is 108 Å². The molecule has 0 radical (unpaired) electrons. The molecule has 2 N–H and O–H groups in total. The summed E-state index contributed by atoms with van der Waals surface area (Å²) in [5.74, 6) is -3.66. The number of carbonyl (C=O) groups is 3. The highest BCUT2D eigenvalue weighted by atomic mass is 79.9. The van der Waals surface area contributed by atoms with Gasteiger partial charge in [0.05, 0.1) is 29.5 Å². The van der Waals surface area contributed by atoms with Crippen molar-refractivity contribution in [3.05, 3.63) is 74.2 Å². The van der Waals surface area contributed by atoms with Crippen LogP contribution in [0.15, 0.2) is 57.5 Å². The van der Waals surface area contributed by atoms with Crippen molar-refractivity contribution in [3.63, 3.8) is 0 Å². The van der Waals surface area contributed by atoms with Gasteiger partial charge >= 0.3 is 5.97 Å². The van der Waals surface area contributed by atoms with Gasteiger partial charge in [0.2, 0.25) is 11.8 Å². The van der Waals surface area contributed by atoms with E-state index in [4.69, 9.17) is 4.74 Å². The Labute approximate surface area is 204 Å². The zero-order chi connectivity index (χ0) is 24.1. The predicted molar refractivity (Wildman–Crippen MR) is 130 cm³/mol. The van der Waals surface area contributed by atoms with Crippen molar-refractivity contribution in [1.82, 2.24) is 5.32 Å². The third kappa shape index (κ3) is 5.46. The van der Waals surface area contributed by atoms with Crippen LogP contribution in [-0.2, 0) is 19.1 Å². The zero-order valence-corrected chi connectivity index (χ0v) is 20.7. The normalized spacial score (nSPS) is 17.7. The molecule has 0 fully saturated rings. The highest BCUT2D eigenvalue weighted by Gasteiger charge is 2.44. The lowest BCUT2D eigenvalue weighted by molar-refractivity contribution is -0.150. The summed E-state index contributed by atoms with van der Waals surface area (Å²) in [4.78, 5) is 37.9. The maximum absolute atomic E-state index is 12.9. The summed E-state index contributed by atoms with van der Waals surface area (Å²) in [5.41, 5.74) is 3.43. The Hall–Kier alpha value is -3.09. The van der Waals surface area contributed by atoms with Crippen molar-refractivity contribution < 1.29 is 19.1 Å². The Morgan fingerprint density at radius 3 is 2.48 bits per heavy atom. The van der Waals surface area contributed by atoms with Gasteiger partial charge in [-0.15, -0.1) is 0 Å². The molecule has 0 unspecified atom stereocenters. The van der Waals surface area contributed by atoms with Crippen LogP contribution in [0.25, 0.3) is 0 Å². The number of nitriles is 1. The SMILES string of the molecule is COC(=O)[C@@H]1C(=O)NC(SCC(=O)Nc2c(C)cccc2C)=C(C#N)[C@H]1c1cccc(Br)c1. The maximum Gasteiger partial charge on any atom is 0.319 e. The van der Waals surface area contributed by atoms with Gasteiger partial charge in [0.25, 0.3) is 0 Å². The van der Waals surface area contributed by atoms with Gasteiger partial charge in [-0.25, -0.2) is 0 Å². The zero-order valence-electron chi connectivity index (χ0n) is 18.3. The van der Waals surface area contributed by atoms with E-state index in [0.717, 1.165) is 33.0 Å². The third-order valence-electron chi connectivity index (χ3n) is 5.28. The molecule has 1 aliphatic rings. The van der Waals surface area contributed by atoms with E-state index in [2.05, 4.69) is 32.6 Å². The number of amides is 2. The Balaban J connectivity index is 1.91. The number of esters is 1. The number of hydrogen-bond acceptors (Lipinski definition) is 6. The predicted octanol–water partition coefficient (Wildman–Crippen LogP) is 4.18. The second-order valence-electron chi connectivity index (χ2n) is 7.48. The number of rotatable bonds is 6. The molecule has 170 valence electrons. The van der Waals surface area contributed by atoms with E-state index in [1.165, 1.54) is 7.11 Å². The largest absolute Gasteiger partial charge is 0.468 e. The molecule has 3 rings (SSSR count). The summed E-state index contributed by atoms with van der Waals surface area (Å²) in [6, 6.07) is 14.9. The summed E-state index contributed by atoms with van der Waals surface area (Å²) < 4.78 is 5.59. The number of nitrogens with one attached hydrogen (secondary N) is 2. The first-order valence-electron chi connectivity index (χ1n) is 10.0. The van der Waals surface area contributed by atoms with Crippen molar-refractivity contribution in [1.29, 1.82) is 5.26 Å². The molecule has 2 atom stereocenters. The Morgan fingerprint density at radius 2 is 1.88 bits per heavy atom. The van der Waals surface area contributed by atoms with Gasteiger partial charge < -0.3 is 15.4 Å². The summed E-state index contributed by atoms with van der Waals surface area (Å²) in [6.45, 7) is 3.81. The fourth-order valence-corrected chi connectivity index (χ4v) is 4.97. The van der Waals surface area contributed by atoms with Crippen LogP contribution in [0, 0.1) is 31.1 Å². The molecule has 1 heterocycles. The minimum absolute atomic E-state index is 0.0251. The van der Waals surface area contributed by atoms with Gasteiger partial charge in [0, 0.05) is 16.1 Å². The molecule has 2 amide bonds.